The zero-order chi connectivity index (χ0) is 8.97. The molecule has 0 saturated heterocycles. The molecule has 1 rings (SSSR count). The van der Waals surface area contributed by atoms with E-state index in [9.17, 15) is 0 Å². The van der Waals surface area contributed by atoms with Crippen LogP contribution in [0.25, 0.3) is 0 Å². The molecule has 0 aliphatic carbocycles. The number of nitrogens with one attached hydrogen (secondary N) is 2. The van der Waals surface area contributed by atoms with Crippen molar-refractivity contribution in [2.45, 2.75) is 33.2 Å². The van der Waals surface area contributed by atoms with E-state index < -0.39 is 0 Å². The molecule has 0 atom stereocenters. The number of aromatic nitrogens is 2. The highest BCUT2D eigenvalue weighted by atomic mass is 15.0. The lowest BCUT2D eigenvalue weighted by molar-refractivity contribution is 0.771. The summed E-state index contributed by atoms with van der Waals surface area (Å²) in [4.78, 5) is 7.68. The van der Waals surface area contributed by atoms with Crippen LogP contribution in [0.1, 0.15) is 30.6 Å². The van der Waals surface area contributed by atoms with Crippen molar-refractivity contribution < 1.29 is 0 Å². The second kappa shape index (κ2) is 4.26. The predicted octanol–water partition coefficient (Wildman–Crippen LogP) is 1.39. The summed E-state index contributed by atoms with van der Waals surface area (Å²) in [7, 11) is 1.95. The summed E-state index contributed by atoms with van der Waals surface area (Å²) >= 11 is 0. The van der Waals surface area contributed by atoms with E-state index in [2.05, 4.69) is 22.2 Å². The lowest BCUT2D eigenvalue weighted by Gasteiger charge is -1.98. The number of aryl methyl sites for hydroxylation is 2. The summed E-state index contributed by atoms with van der Waals surface area (Å²) in [5, 5.41) is 3.12. The number of H-pyrrole nitrogens is 1. The Hall–Kier alpha value is -0.830. The number of hydrogen-bond donors (Lipinski definition) is 2. The van der Waals surface area contributed by atoms with Crippen molar-refractivity contribution in [2.75, 3.05) is 7.05 Å². The lowest BCUT2D eigenvalue weighted by Crippen LogP contribution is -2.07. The number of hydrogen-bond acceptors (Lipinski definition) is 2. The van der Waals surface area contributed by atoms with E-state index in [-0.39, 0.29) is 0 Å². The van der Waals surface area contributed by atoms with Crippen LogP contribution < -0.4 is 5.32 Å². The average molecular weight is 167 g/mol. The molecule has 0 aliphatic rings. The first-order chi connectivity index (χ1) is 5.77. The van der Waals surface area contributed by atoms with Crippen molar-refractivity contribution in [3.8, 4) is 0 Å². The van der Waals surface area contributed by atoms with E-state index in [1.54, 1.807) is 0 Å². The van der Waals surface area contributed by atoms with Crippen LogP contribution in [-0.4, -0.2) is 17.0 Å². The normalized spacial score (nSPS) is 10.6. The van der Waals surface area contributed by atoms with Gasteiger partial charge < -0.3 is 10.3 Å². The highest BCUT2D eigenvalue weighted by Crippen LogP contribution is 2.07. The Morgan fingerprint density at radius 2 is 2.25 bits per heavy atom. The molecule has 0 fully saturated rings. The van der Waals surface area contributed by atoms with Gasteiger partial charge in [0.2, 0.25) is 0 Å². The Morgan fingerprint density at radius 1 is 1.50 bits per heavy atom. The minimum Gasteiger partial charge on any atom is -0.345 e. The summed E-state index contributed by atoms with van der Waals surface area (Å²) in [6.07, 6.45) is 2.22. The molecule has 0 aliphatic heterocycles. The van der Waals surface area contributed by atoms with Gasteiger partial charge in [-0.1, -0.05) is 13.3 Å². The highest BCUT2D eigenvalue weighted by Gasteiger charge is 2.05. The third kappa shape index (κ3) is 2.08. The van der Waals surface area contributed by atoms with Gasteiger partial charge in [-0.2, -0.15) is 0 Å². The smallest absolute Gasteiger partial charge is 0.103 e. The topological polar surface area (TPSA) is 40.7 Å². The summed E-state index contributed by atoms with van der Waals surface area (Å²) in [6.45, 7) is 5.06. The van der Waals surface area contributed by atoms with Gasteiger partial charge in [-0.25, -0.2) is 4.98 Å². The Balaban J connectivity index is 2.76. The largest absolute Gasteiger partial charge is 0.345 e. The molecule has 0 aromatic carbocycles. The fraction of sp³-hybridized carbons (Fsp3) is 0.667. The Bertz CT molecular complexity index is 216. The maximum absolute atomic E-state index is 4.42. The summed E-state index contributed by atoms with van der Waals surface area (Å²) < 4.78 is 0. The molecule has 0 radical (unpaired) electrons. The van der Waals surface area contributed by atoms with E-state index in [4.69, 9.17) is 0 Å². The third-order valence-corrected chi connectivity index (χ3v) is 1.82. The Kier molecular flexibility index (Phi) is 3.29. The highest BCUT2D eigenvalue weighted by molar-refractivity contribution is 5.14. The third-order valence-electron chi connectivity index (χ3n) is 1.82. The van der Waals surface area contributed by atoms with Gasteiger partial charge in [-0.15, -0.1) is 0 Å². The first kappa shape index (κ1) is 9.26. The summed E-state index contributed by atoms with van der Waals surface area (Å²) in [6, 6.07) is 0. The number of rotatable bonds is 4. The van der Waals surface area contributed by atoms with Crippen LogP contribution in [0.2, 0.25) is 0 Å². The zero-order valence-electron chi connectivity index (χ0n) is 8.07. The molecule has 0 amide bonds. The predicted molar refractivity (Wildman–Crippen MR) is 50.1 cm³/mol. The number of nitrogens with zero attached hydrogens (tertiary/aromatic N) is 1. The van der Waals surface area contributed by atoms with Gasteiger partial charge in [0.15, 0.2) is 0 Å². The number of imidazole rings is 1. The second-order valence-electron chi connectivity index (χ2n) is 3.03. The lowest BCUT2D eigenvalue weighted by atomic mass is 10.2. The van der Waals surface area contributed by atoms with E-state index in [1.165, 1.54) is 11.4 Å². The molecule has 1 aromatic rings. The fourth-order valence-electron chi connectivity index (χ4n) is 1.35. The minimum atomic E-state index is 0.885. The molecule has 12 heavy (non-hydrogen) atoms. The van der Waals surface area contributed by atoms with Gasteiger partial charge in [0, 0.05) is 6.54 Å². The number of aromatic amines is 1. The van der Waals surface area contributed by atoms with Crippen molar-refractivity contribution in [1.29, 1.82) is 0 Å². The van der Waals surface area contributed by atoms with E-state index in [0.717, 1.165) is 25.2 Å². The molecule has 0 saturated carbocycles. The Morgan fingerprint density at radius 3 is 2.83 bits per heavy atom. The van der Waals surface area contributed by atoms with E-state index in [0.29, 0.717) is 0 Å². The molecule has 2 N–H and O–H groups in total. The minimum absolute atomic E-state index is 0.885. The molecule has 68 valence electrons. The van der Waals surface area contributed by atoms with E-state index >= 15 is 0 Å². The summed E-state index contributed by atoms with van der Waals surface area (Å²) in [5.41, 5.74) is 2.45. The van der Waals surface area contributed by atoms with Crippen molar-refractivity contribution in [2.24, 2.45) is 0 Å². The van der Waals surface area contributed by atoms with E-state index in [1.807, 2.05) is 14.0 Å². The average Bonchev–Trinajstić information content (AvgIpc) is 2.33. The standard InChI is InChI=1S/C9H17N3/c1-4-5-8-9(6-10-3)12-7(2)11-8/h10H,4-6H2,1-3H3,(H,11,12). The molecular formula is C9H17N3. The fourth-order valence-corrected chi connectivity index (χ4v) is 1.35. The van der Waals surface area contributed by atoms with Gasteiger partial charge in [-0.3, -0.25) is 0 Å². The molecular weight excluding hydrogens is 150 g/mol. The molecule has 0 spiro atoms. The summed E-state index contributed by atoms with van der Waals surface area (Å²) in [5.74, 6) is 1.02. The monoisotopic (exact) mass is 167 g/mol. The van der Waals surface area contributed by atoms with Crippen molar-refractivity contribution >= 4 is 0 Å². The van der Waals surface area contributed by atoms with Crippen molar-refractivity contribution in [1.82, 2.24) is 15.3 Å². The zero-order valence-corrected chi connectivity index (χ0v) is 8.07. The van der Waals surface area contributed by atoms with Crippen LogP contribution in [0, 0.1) is 6.92 Å². The van der Waals surface area contributed by atoms with Crippen molar-refractivity contribution in [3.05, 3.63) is 17.2 Å². The van der Waals surface area contributed by atoms with Crippen molar-refractivity contribution in [3.63, 3.8) is 0 Å². The first-order valence-electron chi connectivity index (χ1n) is 4.46. The van der Waals surface area contributed by atoms with Crippen LogP contribution in [0.5, 0.6) is 0 Å². The van der Waals surface area contributed by atoms with Crippen LogP contribution in [0.15, 0.2) is 0 Å². The molecule has 1 heterocycles. The van der Waals surface area contributed by atoms with Crippen LogP contribution >= 0.6 is 0 Å². The maximum Gasteiger partial charge on any atom is 0.103 e. The first-order valence-corrected chi connectivity index (χ1v) is 4.46. The van der Waals surface area contributed by atoms with Crippen LogP contribution in [0.4, 0.5) is 0 Å². The van der Waals surface area contributed by atoms with Crippen LogP contribution in [-0.2, 0) is 13.0 Å². The Labute approximate surface area is 73.6 Å². The van der Waals surface area contributed by atoms with Gasteiger partial charge in [0.1, 0.15) is 5.82 Å². The molecule has 1 aromatic heterocycles. The molecule has 0 unspecified atom stereocenters. The molecule has 0 bridgehead atoms. The van der Waals surface area contributed by atoms with Gasteiger partial charge >= 0.3 is 0 Å². The second-order valence-corrected chi connectivity index (χ2v) is 3.03. The maximum atomic E-state index is 4.42. The quantitative estimate of drug-likeness (QED) is 0.711. The van der Waals surface area contributed by atoms with Gasteiger partial charge in [-0.05, 0) is 20.4 Å². The SMILES string of the molecule is CCCc1nc(C)[nH]c1CNC. The molecule has 3 nitrogen and oxygen atoms in total. The van der Waals surface area contributed by atoms with Gasteiger partial charge in [0.05, 0.1) is 11.4 Å². The van der Waals surface area contributed by atoms with Gasteiger partial charge in [0.25, 0.3) is 0 Å². The van der Waals surface area contributed by atoms with Crippen LogP contribution in [0.3, 0.4) is 0 Å². The molecule has 3 heteroatoms.